The number of aliphatic carboxylic acids is 1. The Morgan fingerprint density at radius 2 is 1.96 bits per heavy atom. The van der Waals surface area contributed by atoms with Crippen LogP contribution in [0.15, 0.2) is 48.5 Å². The van der Waals surface area contributed by atoms with Gasteiger partial charge < -0.3 is 19.9 Å². The van der Waals surface area contributed by atoms with Crippen LogP contribution in [0, 0.1) is 0 Å². The lowest BCUT2D eigenvalue weighted by molar-refractivity contribution is -0.146. The first-order valence-electron chi connectivity index (χ1n) is 8.45. The molecule has 0 heterocycles. The molecule has 2 N–H and O–H groups in total. The minimum Gasteiger partial charge on any atom is -0.497 e. The van der Waals surface area contributed by atoms with Crippen LogP contribution in [0.25, 0.3) is 0 Å². The van der Waals surface area contributed by atoms with Gasteiger partial charge in [0.05, 0.1) is 7.11 Å². The largest absolute Gasteiger partial charge is 0.497 e. The number of alkyl carbamates (subject to hydrolysis) is 1. The van der Waals surface area contributed by atoms with Crippen LogP contribution in [-0.2, 0) is 28.1 Å². The second kappa shape index (κ2) is 7.47. The molecule has 1 atom stereocenters. The van der Waals surface area contributed by atoms with Crippen LogP contribution >= 0.6 is 0 Å². The Labute approximate surface area is 151 Å². The van der Waals surface area contributed by atoms with Crippen molar-refractivity contribution in [2.45, 2.75) is 31.4 Å². The van der Waals surface area contributed by atoms with E-state index in [1.807, 2.05) is 36.4 Å². The second-order valence-electron chi connectivity index (χ2n) is 6.27. The van der Waals surface area contributed by atoms with Crippen LogP contribution in [-0.4, -0.2) is 24.3 Å². The van der Waals surface area contributed by atoms with Crippen molar-refractivity contribution in [3.63, 3.8) is 0 Å². The summed E-state index contributed by atoms with van der Waals surface area (Å²) in [6, 6.07) is 14.6. The molecule has 0 radical (unpaired) electrons. The molecular formula is C20H21NO5. The summed E-state index contributed by atoms with van der Waals surface area (Å²) >= 11 is 0. The molecule has 1 unspecified atom stereocenters. The number of rotatable bonds is 5. The molecule has 0 saturated heterocycles. The minimum atomic E-state index is -1.52. The number of methoxy groups -OCH3 is 1. The lowest BCUT2D eigenvalue weighted by Crippen LogP contribution is -2.53. The predicted octanol–water partition coefficient (Wildman–Crippen LogP) is 3.24. The molecule has 2 aromatic rings. The monoisotopic (exact) mass is 355 g/mol. The van der Waals surface area contributed by atoms with Gasteiger partial charge in [-0.2, -0.15) is 0 Å². The van der Waals surface area contributed by atoms with Crippen LogP contribution < -0.4 is 10.1 Å². The molecule has 1 amide bonds. The highest BCUT2D eigenvalue weighted by Gasteiger charge is 2.45. The van der Waals surface area contributed by atoms with Crippen molar-refractivity contribution in [3.8, 4) is 5.75 Å². The van der Waals surface area contributed by atoms with Gasteiger partial charge in [0.2, 0.25) is 0 Å². The van der Waals surface area contributed by atoms with Crippen molar-refractivity contribution in [2.75, 3.05) is 7.11 Å². The van der Waals surface area contributed by atoms with Gasteiger partial charge >= 0.3 is 12.1 Å². The Balaban J connectivity index is 1.83. The lowest BCUT2D eigenvalue weighted by atomic mass is 9.76. The quantitative estimate of drug-likeness (QED) is 0.860. The van der Waals surface area contributed by atoms with Gasteiger partial charge in [-0.1, -0.05) is 36.4 Å². The van der Waals surface area contributed by atoms with Gasteiger partial charge in [-0.15, -0.1) is 0 Å². The summed E-state index contributed by atoms with van der Waals surface area (Å²) in [6.45, 7) is 0.0767. The summed E-state index contributed by atoms with van der Waals surface area (Å²) in [5, 5.41) is 12.5. The van der Waals surface area contributed by atoms with Gasteiger partial charge in [-0.05, 0) is 48.1 Å². The highest BCUT2D eigenvalue weighted by molar-refractivity contribution is 5.87. The molecule has 0 spiro atoms. The van der Waals surface area contributed by atoms with E-state index in [2.05, 4.69) is 5.32 Å². The zero-order chi connectivity index (χ0) is 18.6. The fourth-order valence-electron chi connectivity index (χ4n) is 3.32. The Morgan fingerprint density at radius 1 is 1.19 bits per heavy atom. The SMILES string of the molecule is COc1ccc2c(c1)C(NC(=O)OCc1ccccc1)(C(=O)O)CCC2. The number of hydrogen-bond donors (Lipinski definition) is 2. The van der Waals surface area contributed by atoms with Crippen molar-refractivity contribution in [1.29, 1.82) is 0 Å². The maximum atomic E-state index is 12.3. The molecular weight excluding hydrogens is 334 g/mol. The summed E-state index contributed by atoms with van der Waals surface area (Å²) in [5.41, 5.74) is 0.753. The van der Waals surface area contributed by atoms with Crippen molar-refractivity contribution < 1.29 is 24.2 Å². The van der Waals surface area contributed by atoms with E-state index in [0.29, 0.717) is 24.2 Å². The Hall–Kier alpha value is -3.02. The number of nitrogens with one attached hydrogen (secondary N) is 1. The van der Waals surface area contributed by atoms with Crippen LogP contribution in [0.5, 0.6) is 5.75 Å². The van der Waals surface area contributed by atoms with Crippen molar-refractivity contribution in [1.82, 2.24) is 5.32 Å². The van der Waals surface area contributed by atoms with E-state index in [-0.39, 0.29) is 6.61 Å². The number of fused-ring (bicyclic) bond motifs is 1. The van der Waals surface area contributed by atoms with Gasteiger partial charge in [-0.3, -0.25) is 0 Å². The number of aryl methyl sites for hydroxylation is 1. The predicted molar refractivity (Wildman–Crippen MR) is 95.0 cm³/mol. The number of carbonyl (C=O) groups is 2. The molecule has 0 saturated carbocycles. The summed E-state index contributed by atoms with van der Waals surface area (Å²) < 4.78 is 10.5. The molecule has 3 rings (SSSR count). The highest BCUT2D eigenvalue weighted by atomic mass is 16.5. The first-order chi connectivity index (χ1) is 12.5. The first kappa shape index (κ1) is 17.8. The Bertz CT molecular complexity index is 805. The van der Waals surface area contributed by atoms with E-state index >= 15 is 0 Å². The zero-order valence-corrected chi connectivity index (χ0v) is 14.5. The normalized spacial score (nSPS) is 18.5. The number of carboxylic acid groups (broad SMARTS) is 1. The smallest absolute Gasteiger partial charge is 0.408 e. The van der Waals surface area contributed by atoms with Gasteiger partial charge in [-0.25, -0.2) is 9.59 Å². The molecule has 136 valence electrons. The van der Waals surface area contributed by atoms with Gasteiger partial charge in [0.25, 0.3) is 0 Å². The molecule has 2 aromatic carbocycles. The number of benzene rings is 2. The third-order valence-electron chi connectivity index (χ3n) is 4.67. The fourth-order valence-corrected chi connectivity index (χ4v) is 3.32. The van der Waals surface area contributed by atoms with Crippen molar-refractivity contribution in [3.05, 3.63) is 65.2 Å². The van der Waals surface area contributed by atoms with Gasteiger partial charge in [0, 0.05) is 0 Å². The van der Waals surface area contributed by atoms with Crippen LogP contribution in [0.3, 0.4) is 0 Å². The molecule has 1 aliphatic rings. The highest BCUT2D eigenvalue weighted by Crippen LogP contribution is 2.38. The first-order valence-corrected chi connectivity index (χ1v) is 8.45. The van der Waals surface area contributed by atoms with E-state index in [1.165, 1.54) is 7.11 Å². The fraction of sp³-hybridized carbons (Fsp3) is 0.300. The Morgan fingerprint density at radius 3 is 2.65 bits per heavy atom. The molecule has 26 heavy (non-hydrogen) atoms. The third kappa shape index (κ3) is 3.49. The molecule has 0 aromatic heterocycles. The molecule has 6 heteroatoms. The molecule has 0 aliphatic heterocycles. The summed E-state index contributed by atoms with van der Waals surface area (Å²) in [4.78, 5) is 24.5. The van der Waals surface area contributed by atoms with E-state index < -0.39 is 17.6 Å². The summed E-state index contributed by atoms with van der Waals surface area (Å²) in [5.74, 6) is -0.556. The molecule has 0 bridgehead atoms. The average molecular weight is 355 g/mol. The maximum absolute atomic E-state index is 12.3. The number of carboxylic acids is 1. The van der Waals surface area contributed by atoms with Crippen molar-refractivity contribution in [2.24, 2.45) is 0 Å². The zero-order valence-electron chi connectivity index (χ0n) is 14.5. The summed E-state index contributed by atoms with van der Waals surface area (Å²) in [7, 11) is 1.52. The van der Waals surface area contributed by atoms with Crippen LogP contribution in [0.1, 0.15) is 29.5 Å². The number of hydrogen-bond acceptors (Lipinski definition) is 4. The average Bonchev–Trinajstić information content (AvgIpc) is 2.67. The number of amides is 1. The van der Waals surface area contributed by atoms with Crippen LogP contribution in [0.2, 0.25) is 0 Å². The third-order valence-corrected chi connectivity index (χ3v) is 4.67. The number of carbonyl (C=O) groups excluding carboxylic acids is 1. The van der Waals surface area contributed by atoms with E-state index in [1.54, 1.807) is 12.1 Å². The molecule has 6 nitrogen and oxygen atoms in total. The second-order valence-corrected chi connectivity index (χ2v) is 6.27. The molecule has 1 aliphatic carbocycles. The topological polar surface area (TPSA) is 84.9 Å². The van der Waals surface area contributed by atoms with E-state index in [9.17, 15) is 14.7 Å². The Kier molecular flexibility index (Phi) is 5.11. The van der Waals surface area contributed by atoms with Gasteiger partial charge in [0.1, 0.15) is 12.4 Å². The number of ether oxygens (including phenoxy) is 2. The van der Waals surface area contributed by atoms with Crippen molar-refractivity contribution >= 4 is 12.1 Å². The standard InChI is InChI=1S/C20H21NO5/c1-25-16-10-9-15-8-5-11-20(18(22)23,17(15)12-16)21-19(24)26-13-14-6-3-2-4-7-14/h2-4,6-7,9-10,12H,5,8,11,13H2,1H3,(H,21,24)(H,22,23). The van der Waals surface area contributed by atoms with E-state index in [4.69, 9.17) is 9.47 Å². The van der Waals surface area contributed by atoms with Gasteiger partial charge in [0.15, 0.2) is 5.54 Å². The van der Waals surface area contributed by atoms with E-state index in [0.717, 1.165) is 17.5 Å². The maximum Gasteiger partial charge on any atom is 0.408 e. The lowest BCUT2D eigenvalue weighted by Gasteiger charge is -2.36. The molecule has 0 fully saturated rings. The van der Waals surface area contributed by atoms with Crippen LogP contribution in [0.4, 0.5) is 4.79 Å². The summed E-state index contributed by atoms with van der Waals surface area (Å²) in [6.07, 6.45) is 0.953. The minimum absolute atomic E-state index is 0.0767.